The highest BCUT2D eigenvalue weighted by molar-refractivity contribution is 5.74. The average Bonchev–Trinajstić information content (AvgIpc) is 2.15. The van der Waals surface area contributed by atoms with Gasteiger partial charge in [0.2, 0.25) is 0 Å². The summed E-state index contributed by atoms with van der Waals surface area (Å²) in [7, 11) is 0. The summed E-state index contributed by atoms with van der Waals surface area (Å²) in [6.07, 6.45) is 4.12. The standard InChI is InChI=1S/C8H8O5/c1-2-3-11-7(9)6-4-12-8(10)13-5-6/h1,6H,3-5H2. The maximum absolute atomic E-state index is 11.1. The lowest BCUT2D eigenvalue weighted by atomic mass is 10.2. The summed E-state index contributed by atoms with van der Waals surface area (Å²) in [5, 5.41) is 0. The average molecular weight is 184 g/mol. The number of rotatable bonds is 2. The fraction of sp³-hybridized carbons (Fsp3) is 0.500. The summed E-state index contributed by atoms with van der Waals surface area (Å²) in [5.41, 5.74) is 0. The van der Waals surface area contributed by atoms with Gasteiger partial charge in [0.1, 0.15) is 19.1 Å². The Kier molecular flexibility index (Phi) is 3.15. The highest BCUT2D eigenvalue weighted by atomic mass is 16.7. The molecule has 0 spiro atoms. The molecule has 5 nitrogen and oxygen atoms in total. The van der Waals surface area contributed by atoms with Gasteiger partial charge in [-0.2, -0.15) is 0 Å². The van der Waals surface area contributed by atoms with Crippen LogP contribution in [0.25, 0.3) is 0 Å². The van der Waals surface area contributed by atoms with Gasteiger partial charge in [0.05, 0.1) is 0 Å². The predicted octanol–water partition coefficient (Wildman–Crippen LogP) is -0.0542. The van der Waals surface area contributed by atoms with Crippen molar-refractivity contribution in [3.8, 4) is 12.3 Å². The van der Waals surface area contributed by atoms with Crippen LogP contribution in [0.2, 0.25) is 0 Å². The second-order valence-electron chi connectivity index (χ2n) is 2.38. The summed E-state index contributed by atoms with van der Waals surface area (Å²) in [4.78, 5) is 21.5. The third-order valence-electron chi connectivity index (χ3n) is 1.44. The molecule has 13 heavy (non-hydrogen) atoms. The van der Waals surface area contributed by atoms with E-state index in [1.54, 1.807) is 0 Å². The lowest BCUT2D eigenvalue weighted by Crippen LogP contribution is -2.34. The lowest BCUT2D eigenvalue weighted by molar-refractivity contribution is -0.153. The molecule has 1 heterocycles. The van der Waals surface area contributed by atoms with E-state index < -0.39 is 18.0 Å². The summed E-state index contributed by atoms with van der Waals surface area (Å²) in [5.74, 6) is 1.08. The molecule has 0 aliphatic carbocycles. The monoisotopic (exact) mass is 184 g/mol. The van der Waals surface area contributed by atoms with E-state index in [0.717, 1.165) is 0 Å². The number of hydrogen-bond donors (Lipinski definition) is 0. The van der Waals surface area contributed by atoms with E-state index in [4.69, 9.17) is 6.42 Å². The van der Waals surface area contributed by atoms with E-state index in [2.05, 4.69) is 20.1 Å². The zero-order valence-electron chi connectivity index (χ0n) is 6.82. The maximum atomic E-state index is 11.1. The Morgan fingerprint density at radius 2 is 2.23 bits per heavy atom. The van der Waals surface area contributed by atoms with Crippen LogP contribution in [-0.4, -0.2) is 31.9 Å². The van der Waals surface area contributed by atoms with Crippen molar-refractivity contribution < 1.29 is 23.8 Å². The van der Waals surface area contributed by atoms with Gasteiger partial charge in [-0.25, -0.2) is 4.79 Å². The normalized spacial score (nSPS) is 16.7. The third-order valence-corrected chi connectivity index (χ3v) is 1.44. The SMILES string of the molecule is C#CCOC(=O)C1COC(=O)OC1. The zero-order valence-corrected chi connectivity index (χ0v) is 6.82. The van der Waals surface area contributed by atoms with Crippen molar-refractivity contribution in [2.75, 3.05) is 19.8 Å². The summed E-state index contributed by atoms with van der Waals surface area (Å²) in [6, 6.07) is 0. The summed E-state index contributed by atoms with van der Waals surface area (Å²) in [6.45, 7) is -0.103. The minimum atomic E-state index is -0.763. The van der Waals surface area contributed by atoms with Crippen LogP contribution in [0.1, 0.15) is 0 Å². The largest absolute Gasteiger partial charge is 0.508 e. The van der Waals surface area contributed by atoms with Crippen molar-refractivity contribution >= 4 is 12.1 Å². The van der Waals surface area contributed by atoms with Crippen molar-refractivity contribution in [1.82, 2.24) is 0 Å². The van der Waals surface area contributed by atoms with Crippen molar-refractivity contribution in [2.45, 2.75) is 0 Å². The highest BCUT2D eigenvalue weighted by Gasteiger charge is 2.28. The van der Waals surface area contributed by atoms with Crippen LogP contribution in [0.15, 0.2) is 0 Å². The Balaban J connectivity index is 2.32. The van der Waals surface area contributed by atoms with E-state index in [1.807, 2.05) is 0 Å². The second-order valence-corrected chi connectivity index (χ2v) is 2.38. The molecular formula is C8H8O5. The van der Waals surface area contributed by atoms with Crippen LogP contribution in [0, 0.1) is 18.3 Å². The molecule has 0 radical (unpaired) electrons. The van der Waals surface area contributed by atoms with Gasteiger partial charge >= 0.3 is 12.1 Å². The first-order valence-corrected chi connectivity index (χ1v) is 3.63. The Labute approximate surface area is 75.0 Å². The first-order valence-electron chi connectivity index (χ1n) is 3.63. The first kappa shape index (κ1) is 9.39. The van der Waals surface area contributed by atoms with Crippen molar-refractivity contribution in [2.24, 2.45) is 5.92 Å². The van der Waals surface area contributed by atoms with Gasteiger partial charge in [0.15, 0.2) is 6.61 Å². The third kappa shape index (κ3) is 2.67. The molecule has 0 aromatic rings. The molecule has 0 bridgehead atoms. The van der Waals surface area contributed by atoms with Crippen LogP contribution < -0.4 is 0 Å². The quantitative estimate of drug-likeness (QED) is 0.444. The molecule has 1 aliphatic heterocycles. The fourth-order valence-corrected chi connectivity index (χ4v) is 0.794. The molecule has 1 fully saturated rings. The highest BCUT2D eigenvalue weighted by Crippen LogP contribution is 2.08. The van der Waals surface area contributed by atoms with Gasteiger partial charge in [-0.15, -0.1) is 6.42 Å². The first-order chi connectivity index (χ1) is 6.24. The molecule has 0 aromatic heterocycles. The zero-order chi connectivity index (χ0) is 9.68. The minimum Gasteiger partial charge on any atom is -0.452 e. The van der Waals surface area contributed by atoms with Gasteiger partial charge in [0, 0.05) is 0 Å². The molecule has 1 rings (SSSR count). The number of hydrogen-bond acceptors (Lipinski definition) is 5. The Hall–Kier alpha value is -1.70. The molecule has 0 amide bonds. The molecule has 70 valence electrons. The molecule has 0 saturated carbocycles. The molecular weight excluding hydrogens is 176 g/mol. The van der Waals surface area contributed by atoms with Crippen molar-refractivity contribution in [3.05, 3.63) is 0 Å². The molecule has 5 heteroatoms. The van der Waals surface area contributed by atoms with Crippen LogP contribution in [0.4, 0.5) is 4.79 Å². The van der Waals surface area contributed by atoms with Gasteiger partial charge in [-0.1, -0.05) is 5.92 Å². The van der Waals surface area contributed by atoms with E-state index in [1.165, 1.54) is 0 Å². The molecule has 1 saturated heterocycles. The fourth-order valence-electron chi connectivity index (χ4n) is 0.794. The lowest BCUT2D eigenvalue weighted by Gasteiger charge is -2.19. The second kappa shape index (κ2) is 4.36. The predicted molar refractivity (Wildman–Crippen MR) is 40.6 cm³/mol. The number of carbonyl (C=O) groups excluding carboxylic acids is 2. The molecule has 0 N–H and O–H groups in total. The number of carbonyl (C=O) groups is 2. The van der Waals surface area contributed by atoms with Crippen LogP contribution in [-0.2, 0) is 19.0 Å². The molecule has 0 atom stereocenters. The Morgan fingerprint density at radius 3 is 2.77 bits per heavy atom. The van der Waals surface area contributed by atoms with Gasteiger partial charge in [-0.05, 0) is 0 Å². The van der Waals surface area contributed by atoms with Gasteiger partial charge in [0.25, 0.3) is 0 Å². The van der Waals surface area contributed by atoms with E-state index in [-0.39, 0.29) is 19.8 Å². The molecule has 0 aromatic carbocycles. The molecule has 0 unspecified atom stereocenters. The topological polar surface area (TPSA) is 61.8 Å². The van der Waals surface area contributed by atoms with E-state index >= 15 is 0 Å². The number of ether oxygens (including phenoxy) is 3. The Morgan fingerprint density at radius 1 is 1.62 bits per heavy atom. The number of esters is 1. The van der Waals surface area contributed by atoms with Crippen LogP contribution >= 0.6 is 0 Å². The maximum Gasteiger partial charge on any atom is 0.508 e. The van der Waals surface area contributed by atoms with Gasteiger partial charge in [-0.3, -0.25) is 4.79 Å². The van der Waals surface area contributed by atoms with Gasteiger partial charge < -0.3 is 14.2 Å². The van der Waals surface area contributed by atoms with Crippen molar-refractivity contribution in [3.63, 3.8) is 0 Å². The van der Waals surface area contributed by atoms with Crippen LogP contribution in [0.5, 0.6) is 0 Å². The van der Waals surface area contributed by atoms with Crippen molar-refractivity contribution in [1.29, 1.82) is 0 Å². The summed E-state index contributed by atoms with van der Waals surface area (Å²) < 4.78 is 13.6. The van der Waals surface area contributed by atoms with Crippen LogP contribution in [0.3, 0.4) is 0 Å². The minimum absolute atomic E-state index is 0.0117. The van der Waals surface area contributed by atoms with E-state index in [0.29, 0.717) is 0 Å². The number of cyclic esters (lactones) is 2. The Bertz CT molecular complexity index is 242. The van der Waals surface area contributed by atoms with E-state index in [9.17, 15) is 9.59 Å². The molecule has 1 aliphatic rings. The smallest absolute Gasteiger partial charge is 0.452 e. The summed E-state index contributed by atoms with van der Waals surface area (Å²) >= 11 is 0. The number of terminal acetylenes is 1.